The van der Waals surface area contributed by atoms with E-state index in [-0.39, 0.29) is 23.7 Å². The number of hydrogen-bond donors (Lipinski definition) is 0. The predicted molar refractivity (Wildman–Crippen MR) is 116 cm³/mol. The predicted octanol–water partition coefficient (Wildman–Crippen LogP) is 2.42. The number of carbonyl (C=O) groups is 2. The normalized spacial score (nSPS) is 21.1. The average Bonchev–Trinajstić information content (AvgIpc) is 3.29. The molecule has 0 saturated carbocycles. The second-order valence-electron chi connectivity index (χ2n) is 7.87. The maximum atomic E-state index is 13.4. The number of amides is 2. The first-order valence-corrected chi connectivity index (χ1v) is 10.5. The van der Waals surface area contributed by atoms with E-state index >= 15 is 0 Å². The fourth-order valence-electron chi connectivity index (χ4n) is 4.37. The molecule has 0 radical (unpaired) electrons. The van der Waals surface area contributed by atoms with Gasteiger partial charge >= 0.3 is 0 Å². The van der Waals surface area contributed by atoms with E-state index in [4.69, 9.17) is 14.2 Å². The third kappa shape index (κ3) is 4.51. The van der Waals surface area contributed by atoms with Gasteiger partial charge < -0.3 is 24.0 Å². The van der Waals surface area contributed by atoms with Gasteiger partial charge in [-0.2, -0.15) is 0 Å². The average molecular weight is 424 g/mol. The van der Waals surface area contributed by atoms with E-state index < -0.39 is 0 Å². The summed E-state index contributed by atoms with van der Waals surface area (Å²) in [5.41, 5.74) is 1.60. The molecule has 2 aliphatic heterocycles. The first kappa shape index (κ1) is 21.2. The molecule has 2 saturated heterocycles. The summed E-state index contributed by atoms with van der Waals surface area (Å²) >= 11 is 0. The van der Waals surface area contributed by atoms with Gasteiger partial charge in [0.05, 0.1) is 33.4 Å². The van der Waals surface area contributed by atoms with E-state index in [1.165, 1.54) is 0 Å². The van der Waals surface area contributed by atoms with Crippen LogP contribution in [-0.2, 0) is 9.53 Å². The third-order valence-corrected chi connectivity index (χ3v) is 6.11. The van der Waals surface area contributed by atoms with E-state index in [1.54, 1.807) is 37.3 Å². The fraction of sp³-hybridized carbons (Fsp3) is 0.417. The van der Waals surface area contributed by atoms with Crippen molar-refractivity contribution in [2.75, 3.05) is 53.6 Å². The first-order chi connectivity index (χ1) is 15.1. The summed E-state index contributed by atoms with van der Waals surface area (Å²) in [6.07, 6.45) is 0. The fourth-order valence-corrected chi connectivity index (χ4v) is 4.37. The number of carbonyl (C=O) groups excluding carboxylic acids is 2. The Kier molecular flexibility index (Phi) is 6.42. The molecule has 164 valence electrons. The molecular formula is C24H28N2O5. The quantitative estimate of drug-likeness (QED) is 0.738. The van der Waals surface area contributed by atoms with Crippen molar-refractivity contribution in [1.82, 2.24) is 9.80 Å². The zero-order valence-corrected chi connectivity index (χ0v) is 18.0. The van der Waals surface area contributed by atoms with Gasteiger partial charge in [0, 0.05) is 37.7 Å². The number of likely N-dealkylation sites (tertiary alicyclic amines) is 1. The Bertz CT molecular complexity index is 924. The van der Waals surface area contributed by atoms with Crippen LogP contribution < -0.4 is 9.47 Å². The van der Waals surface area contributed by atoms with Crippen LogP contribution in [-0.4, -0.2) is 75.2 Å². The van der Waals surface area contributed by atoms with Crippen LogP contribution in [0.15, 0.2) is 48.5 Å². The van der Waals surface area contributed by atoms with Crippen LogP contribution in [0, 0.1) is 5.92 Å². The standard InChI is InChI=1S/C24H28N2O5/c1-29-19-8-6-17(7-9-19)21-15-26(23(27)18-4-3-5-20(14-18)30-2)16-22(21)24(28)25-10-12-31-13-11-25/h3-9,14,21-22H,10-13,15-16H2,1-2H3. The van der Waals surface area contributed by atoms with Gasteiger partial charge in [-0.3, -0.25) is 9.59 Å². The minimum atomic E-state index is -0.291. The van der Waals surface area contributed by atoms with Gasteiger partial charge in [-0.05, 0) is 35.9 Å². The minimum Gasteiger partial charge on any atom is -0.497 e. The van der Waals surface area contributed by atoms with Crippen molar-refractivity contribution in [3.8, 4) is 11.5 Å². The summed E-state index contributed by atoms with van der Waals surface area (Å²) in [6, 6.07) is 14.9. The second kappa shape index (κ2) is 9.39. The molecule has 2 atom stereocenters. The third-order valence-electron chi connectivity index (χ3n) is 6.11. The van der Waals surface area contributed by atoms with Crippen molar-refractivity contribution in [3.63, 3.8) is 0 Å². The number of hydrogen-bond acceptors (Lipinski definition) is 5. The molecule has 2 amide bonds. The molecule has 2 aliphatic rings. The molecule has 31 heavy (non-hydrogen) atoms. The lowest BCUT2D eigenvalue weighted by molar-refractivity contribution is -0.139. The summed E-state index contributed by atoms with van der Waals surface area (Å²) in [5, 5.41) is 0. The molecule has 0 spiro atoms. The summed E-state index contributed by atoms with van der Waals surface area (Å²) in [4.78, 5) is 30.3. The van der Waals surface area contributed by atoms with Gasteiger partial charge in [0.1, 0.15) is 11.5 Å². The van der Waals surface area contributed by atoms with Crippen molar-refractivity contribution in [3.05, 3.63) is 59.7 Å². The number of rotatable bonds is 5. The highest BCUT2D eigenvalue weighted by Crippen LogP contribution is 2.36. The molecule has 2 aromatic rings. The minimum absolute atomic E-state index is 0.0733. The lowest BCUT2D eigenvalue weighted by Crippen LogP contribution is -2.45. The summed E-state index contributed by atoms with van der Waals surface area (Å²) in [7, 11) is 3.21. The molecule has 0 aliphatic carbocycles. The van der Waals surface area contributed by atoms with E-state index in [1.807, 2.05) is 35.2 Å². The van der Waals surface area contributed by atoms with E-state index in [0.29, 0.717) is 50.7 Å². The topological polar surface area (TPSA) is 68.3 Å². The highest BCUT2D eigenvalue weighted by atomic mass is 16.5. The van der Waals surface area contributed by atoms with Crippen LogP contribution in [0.25, 0.3) is 0 Å². The maximum Gasteiger partial charge on any atom is 0.254 e. The van der Waals surface area contributed by atoms with Crippen molar-refractivity contribution in [2.24, 2.45) is 5.92 Å². The van der Waals surface area contributed by atoms with Crippen LogP contribution in [0.4, 0.5) is 0 Å². The molecule has 4 rings (SSSR count). The molecule has 0 bridgehead atoms. The zero-order valence-electron chi connectivity index (χ0n) is 18.0. The van der Waals surface area contributed by atoms with Crippen LogP contribution in [0.3, 0.4) is 0 Å². The molecule has 2 aromatic carbocycles. The lowest BCUT2D eigenvalue weighted by atomic mass is 9.88. The van der Waals surface area contributed by atoms with E-state index in [2.05, 4.69) is 0 Å². The largest absolute Gasteiger partial charge is 0.497 e. The zero-order chi connectivity index (χ0) is 21.8. The molecule has 2 heterocycles. The molecular weight excluding hydrogens is 396 g/mol. The van der Waals surface area contributed by atoms with Gasteiger partial charge in [0.15, 0.2) is 0 Å². The van der Waals surface area contributed by atoms with Gasteiger partial charge in [-0.25, -0.2) is 0 Å². The number of morpholine rings is 1. The van der Waals surface area contributed by atoms with Crippen molar-refractivity contribution in [1.29, 1.82) is 0 Å². The first-order valence-electron chi connectivity index (χ1n) is 10.5. The van der Waals surface area contributed by atoms with Crippen LogP contribution >= 0.6 is 0 Å². The Hall–Kier alpha value is -3.06. The van der Waals surface area contributed by atoms with Crippen molar-refractivity contribution < 1.29 is 23.8 Å². The Labute approximate surface area is 182 Å². The van der Waals surface area contributed by atoms with Gasteiger partial charge in [0.25, 0.3) is 5.91 Å². The van der Waals surface area contributed by atoms with Gasteiger partial charge in [0.2, 0.25) is 5.91 Å². The van der Waals surface area contributed by atoms with Crippen LogP contribution in [0.1, 0.15) is 21.8 Å². The van der Waals surface area contributed by atoms with Crippen molar-refractivity contribution in [2.45, 2.75) is 5.92 Å². The Morgan fingerprint density at radius 3 is 2.29 bits per heavy atom. The Balaban J connectivity index is 1.60. The molecule has 2 fully saturated rings. The van der Waals surface area contributed by atoms with E-state index in [9.17, 15) is 9.59 Å². The molecule has 7 nitrogen and oxygen atoms in total. The second-order valence-corrected chi connectivity index (χ2v) is 7.87. The highest BCUT2D eigenvalue weighted by molar-refractivity contribution is 5.95. The highest BCUT2D eigenvalue weighted by Gasteiger charge is 2.42. The maximum absolute atomic E-state index is 13.4. The molecule has 7 heteroatoms. The lowest BCUT2D eigenvalue weighted by Gasteiger charge is -2.30. The smallest absolute Gasteiger partial charge is 0.254 e. The number of methoxy groups -OCH3 is 2. The Morgan fingerprint density at radius 1 is 0.903 bits per heavy atom. The monoisotopic (exact) mass is 424 g/mol. The van der Waals surface area contributed by atoms with E-state index in [0.717, 1.165) is 11.3 Å². The summed E-state index contributed by atoms with van der Waals surface area (Å²) in [5.74, 6) is 1.04. The van der Waals surface area contributed by atoms with Crippen LogP contribution in [0.2, 0.25) is 0 Å². The summed E-state index contributed by atoms with van der Waals surface area (Å²) in [6.45, 7) is 3.17. The molecule has 2 unspecified atom stereocenters. The van der Waals surface area contributed by atoms with Crippen molar-refractivity contribution >= 4 is 11.8 Å². The summed E-state index contributed by atoms with van der Waals surface area (Å²) < 4.78 is 15.9. The van der Waals surface area contributed by atoms with Gasteiger partial charge in [-0.1, -0.05) is 18.2 Å². The SMILES string of the molecule is COc1ccc(C2CN(C(=O)c3cccc(OC)c3)CC2C(=O)N2CCOCC2)cc1. The van der Waals surface area contributed by atoms with Crippen LogP contribution in [0.5, 0.6) is 11.5 Å². The Morgan fingerprint density at radius 2 is 1.61 bits per heavy atom. The molecule has 0 N–H and O–H groups in total. The number of ether oxygens (including phenoxy) is 3. The number of benzene rings is 2. The number of nitrogens with zero attached hydrogens (tertiary/aromatic N) is 2. The molecule has 0 aromatic heterocycles. The van der Waals surface area contributed by atoms with Gasteiger partial charge in [-0.15, -0.1) is 0 Å².